The number of nitrogens with zero attached hydrogens (tertiary/aromatic N) is 1. The zero-order valence-corrected chi connectivity index (χ0v) is 16.0. The molecule has 1 heterocycles. The van der Waals surface area contributed by atoms with Crippen LogP contribution < -0.4 is 0 Å². The number of hydrogen-bond donors (Lipinski definition) is 1. The zero-order valence-electron chi connectivity index (χ0n) is 16.0. The average molecular weight is 368 g/mol. The van der Waals surface area contributed by atoms with E-state index in [0.29, 0.717) is 22.4 Å². The Labute approximate surface area is 158 Å². The van der Waals surface area contributed by atoms with Gasteiger partial charge in [0, 0.05) is 22.9 Å². The standard InChI is InChI=1S/C21H24N2O4/c1-12-17(13(2)22-18(12)21(26)27-4)19(24)14(3)23(16-10-11-16)20(25)15-8-6-5-7-9-15/h5-9,14,16,22H,10-11H2,1-4H3/t14-/m0/s1. The largest absolute Gasteiger partial charge is 0.464 e. The molecule has 0 saturated heterocycles. The second kappa shape index (κ2) is 7.39. The van der Waals surface area contributed by atoms with Crippen molar-refractivity contribution in [2.24, 2.45) is 0 Å². The van der Waals surface area contributed by atoms with Gasteiger partial charge in [0.15, 0.2) is 5.78 Å². The third-order valence-electron chi connectivity index (χ3n) is 5.07. The Bertz CT molecular complexity index is 881. The number of nitrogens with one attached hydrogen (secondary N) is 1. The number of H-pyrrole nitrogens is 1. The molecule has 1 saturated carbocycles. The summed E-state index contributed by atoms with van der Waals surface area (Å²) in [5.41, 5.74) is 2.46. The zero-order chi connectivity index (χ0) is 19.7. The predicted molar refractivity (Wildman–Crippen MR) is 101 cm³/mol. The van der Waals surface area contributed by atoms with Crippen molar-refractivity contribution in [1.82, 2.24) is 9.88 Å². The van der Waals surface area contributed by atoms with Gasteiger partial charge in [-0.25, -0.2) is 4.79 Å². The van der Waals surface area contributed by atoms with E-state index < -0.39 is 12.0 Å². The number of aromatic amines is 1. The summed E-state index contributed by atoms with van der Waals surface area (Å²) in [5, 5.41) is 0. The number of carbonyl (C=O) groups excluding carboxylic acids is 3. The number of esters is 1. The van der Waals surface area contributed by atoms with Crippen molar-refractivity contribution in [3.8, 4) is 0 Å². The van der Waals surface area contributed by atoms with Crippen LogP contribution in [0.1, 0.15) is 62.2 Å². The summed E-state index contributed by atoms with van der Waals surface area (Å²) in [7, 11) is 1.30. The number of methoxy groups -OCH3 is 1. The van der Waals surface area contributed by atoms with Crippen LogP contribution in [-0.2, 0) is 4.74 Å². The highest BCUT2D eigenvalue weighted by Crippen LogP contribution is 2.32. The molecular formula is C21H24N2O4. The molecule has 1 aromatic heterocycles. The lowest BCUT2D eigenvalue weighted by Crippen LogP contribution is -2.45. The molecule has 2 aromatic rings. The molecule has 1 amide bonds. The number of ketones is 1. The molecule has 1 aromatic carbocycles. The van der Waals surface area contributed by atoms with Crippen LogP contribution in [0.25, 0.3) is 0 Å². The molecule has 142 valence electrons. The Morgan fingerprint density at radius 2 is 1.78 bits per heavy atom. The van der Waals surface area contributed by atoms with Gasteiger partial charge in [0.1, 0.15) is 5.69 Å². The third kappa shape index (κ3) is 3.52. The number of rotatable bonds is 6. The highest BCUT2D eigenvalue weighted by Gasteiger charge is 2.40. The van der Waals surface area contributed by atoms with Crippen molar-refractivity contribution >= 4 is 17.7 Å². The Morgan fingerprint density at radius 1 is 1.15 bits per heavy atom. The minimum absolute atomic E-state index is 0.0799. The van der Waals surface area contributed by atoms with E-state index in [0.717, 1.165) is 12.8 Å². The fourth-order valence-electron chi connectivity index (χ4n) is 3.50. The summed E-state index contributed by atoms with van der Waals surface area (Å²) >= 11 is 0. The van der Waals surface area contributed by atoms with E-state index >= 15 is 0 Å². The van der Waals surface area contributed by atoms with Crippen molar-refractivity contribution in [2.75, 3.05) is 7.11 Å². The molecule has 3 rings (SSSR count). The van der Waals surface area contributed by atoms with Crippen LogP contribution in [0, 0.1) is 13.8 Å². The molecule has 1 aliphatic carbocycles. The van der Waals surface area contributed by atoms with Gasteiger partial charge in [0.2, 0.25) is 0 Å². The van der Waals surface area contributed by atoms with Gasteiger partial charge in [0.25, 0.3) is 5.91 Å². The molecule has 1 N–H and O–H groups in total. The SMILES string of the molecule is COC(=O)c1[nH]c(C)c(C(=O)[C@H](C)N(C(=O)c2ccccc2)C2CC2)c1C. The molecule has 27 heavy (non-hydrogen) atoms. The van der Waals surface area contributed by atoms with Crippen molar-refractivity contribution in [3.63, 3.8) is 0 Å². The fourth-order valence-corrected chi connectivity index (χ4v) is 3.50. The number of carbonyl (C=O) groups is 3. The summed E-state index contributed by atoms with van der Waals surface area (Å²) in [5.74, 6) is -0.827. The Morgan fingerprint density at radius 3 is 2.33 bits per heavy atom. The summed E-state index contributed by atoms with van der Waals surface area (Å²) < 4.78 is 4.77. The second-order valence-corrected chi connectivity index (χ2v) is 6.97. The first kappa shape index (κ1) is 18.9. The van der Waals surface area contributed by atoms with Crippen LogP contribution in [-0.4, -0.2) is 46.7 Å². The molecule has 0 radical (unpaired) electrons. The van der Waals surface area contributed by atoms with Crippen LogP contribution in [0.5, 0.6) is 0 Å². The maximum atomic E-state index is 13.3. The van der Waals surface area contributed by atoms with Crippen molar-refractivity contribution < 1.29 is 19.1 Å². The van der Waals surface area contributed by atoms with Crippen molar-refractivity contribution in [1.29, 1.82) is 0 Å². The molecule has 0 unspecified atom stereocenters. The fraction of sp³-hybridized carbons (Fsp3) is 0.381. The lowest BCUT2D eigenvalue weighted by atomic mass is 9.99. The van der Waals surface area contributed by atoms with Gasteiger partial charge in [-0.15, -0.1) is 0 Å². The molecule has 0 aliphatic heterocycles. The number of benzene rings is 1. The first-order valence-electron chi connectivity index (χ1n) is 9.06. The molecule has 0 bridgehead atoms. The summed E-state index contributed by atoms with van der Waals surface area (Å²) in [4.78, 5) is 42.8. The molecule has 1 aliphatic rings. The van der Waals surface area contributed by atoms with Gasteiger partial charge < -0.3 is 14.6 Å². The van der Waals surface area contributed by atoms with Crippen LogP contribution in [0.15, 0.2) is 30.3 Å². The molecule has 6 heteroatoms. The second-order valence-electron chi connectivity index (χ2n) is 6.97. The number of ether oxygens (including phenoxy) is 1. The van der Waals surface area contributed by atoms with E-state index in [-0.39, 0.29) is 23.4 Å². The van der Waals surface area contributed by atoms with Gasteiger partial charge in [-0.1, -0.05) is 18.2 Å². The summed E-state index contributed by atoms with van der Waals surface area (Å²) in [6.07, 6.45) is 1.80. The normalized spacial score (nSPS) is 14.5. The van der Waals surface area contributed by atoms with E-state index in [2.05, 4.69) is 4.98 Å². The smallest absolute Gasteiger partial charge is 0.354 e. The summed E-state index contributed by atoms with van der Waals surface area (Å²) in [6, 6.07) is 8.46. The lowest BCUT2D eigenvalue weighted by Gasteiger charge is -2.29. The highest BCUT2D eigenvalue weighted by atomic mass is 16.5. The topological polar surface area (TPSA) is 79.5 Å². The van der Waals surface area contributed by atoms with E-state index in [9.17, 15) is 14.4 Å². The van der Waals surface area contributed by atoms with Crippen LogP contribution in [0.3, 0.4) is 0 Å². The molecule has 1 atom stereocenters. The molecule has 0 spiro atoms. The van der Waals surface area contributed by atoms with Gasteiger partial charge in [-0.05, 0) is 51.3 Å². The Kier molecular flexibility index (Phi) is 5.17. The van der Waals surface area contributed by atoms with Gasteiger partial charge in [-0.2, -0.15) is 0 Å². The van der Waals surface area contributed by atoms with Gasteiger partial charge in [0.05, 0.1) is 13.2 Å². The lowest BCUT2D eigenvalue weighted by molar-refractivity contribution is 0.0591. The number of aryl methyl sites for hydroxylation is 1. The highest BCUT2D eigenvalue weighted by molar-refractivity contribution is 6.07. The molecular weight excluding hydrogens is 344 g/mol. The quantitative estimate of drug-likeness (QED) is 0.627. The van der Waals surface area contributed by atoms with E-state index in [1.807, 2.05) is 18.2 Å². The van der Waals surface area contributed by atoms with Crippen LogP contribution in [0.4, 0.5) is 0 Å². The van der Waals surface area contributed by atoms with Crippen LogP contribution >= 0.6 is 0 Å². The van der Waals surface area contributed by atoms with Crippen molar-refractivity contribution in [2.45, 2.75) is 45.7 Å². The predicted octanol–water partition coefficient (Wildman–Crippen LogP) is 3.29. The maximum absolute atomic E-state index is 13.3. The molecule has 1 fully saturated rings. The Hall–Kier alpha value is -2.89. The van der Waals surface area contributed by atoms with Gasteiger partial charge in [-0.3, -0.25) is 9.59 Å². The first-order valence-corrected chi connectivity index (χ1v) is 9.06. The molecule has 6 nitrogen and oxygen atoms in total. The number of amides is 1. The van der Waals surface area contributed by atoms with E-state index in [4.69, 9.17) is 4.74 Å². The maximum Gasteiger partial charge on any atom is 0.354 e. The van der Waals surface area contributed by atoms with Gasteiger partial charge >= 0.3 is 5.97 Å². The monoisotopic (exact) mass is 368 g/mol. The number of aromatic nitrogens is 1. The Balaban J connectivity index is 1.93. The number of hydrogen-bond acceptors (Lipinski definition) is 4. The summed E-state index contributed by atoms with van der Waals surface area (Å²) in [6.45, 7) is 5.22. The van der Waals surface area contributed by atoms with E-state index in [1.165, 1.54) is 7.11 Å². The third-order valence-corrected chi connectivity index (χ3v) is 5.07. The minimum Gasteiger partial charge on any atom is -0.464 e. The van der Waals surface area contributed by atoms with Crippen molar-refractivity contribution in [3.05, 3.63) is 58.4 Å². The first-order chi connectivity index (χ1) is 12.9. The minimum atomic E-state index is -0.621. The number of Topliss-reactive ketones (excluding diaryl/α,β-unsaturated/α-hetero) is 1. The van der Waals surface area contributed by atoms with E-state index in [1.54, 1.807) is 37.8 Å². The average Bonchev–Trinajstić information content (AvgIpc) is 3.46. The van der Waals surface area contributed by atoms with Crippen LogP contribution in [0.2, 0.25) is 0 Å².